The number of carbonyl (C=O) groups excluding carboxylic acids is 2. The Balaban J connectivity index is 1.75. The molecule has 0 heterocycles. The number of rotatable bonds is 6. The molecule has 1 aromatic carbocycles. The van der Waals surface area contributed by atoms with Crippen molar-refractivity contribution in [2.45, 2.75) is 57.8 Å². The molecule has 144 valence electrons. The number of hydrogen-bond donors (Lipinski definition) is 1. The van der Waals surface area contributed by atoms with Gasteiger partial charge in [-0.15, -0.1) is 0 Å². The molecule has 0 bridgehead atoms. The highest BCUT2D eigenvalue weighted by Gasteiger charge is 2.42. The van der Waals surface area contributed by atoms with Crippen LogP contribution >= 0.6 is 0 Å². The molecule has 1 aromatic rings. The first-order valence-electron chi connectivity index (χ1n) is 9.58. The Hall–Kier alpha value is -2.40. The van der Waals surface area contributed by atoms with Crippen molar-refractivity contribution in [3.63, 3.8) is 0 Å². The molecule has 27 heavy (non-hydrogen) atoms. The fourth-order valence-electron chi connectivity index (χ4n) is 3.73. The normalized spacial score (nSPS) is 19.9. The summed E-state index contributed by atoms with van der Waals surface area (Å²) in [4.78, 5) is 24.6. The predicted molar refractivity (Wildman–Crippen MR) is 103 cm³/mol. The first-order chi connectivity index (χ1) is 13.0. The number of amides is 1. The molecule has 1 fully saturated rings. The monoisotopic (exact) mass is 369 g/mol. The van der Waals surface area contributed by atoms with Gasteiger partial charge in [0.05, 0.1) is 6.10 Å². The van der Waals surface area contributed by atoms with E-state index in [1.165, 1.54) is 18.6 Å². The zero-order valence-electron chi connectivity index (χ0n) is 16.0. The van der Waals surface area contributed by atoms with Crippen LogP contribution in [0.4, 0.5) is 0 Å². The summed E-state index contributed by atoms with van der Waals surface area (Å²) in [7, 11) is 0. The van der Waals surface area contributed by atoms with Crippen LogP contribution in [0.1, 0.15) is 46.0 Å². The van der Waals surface area contributed by atoms with Crippen LogP contribution in [-0.2, 0) is 14.3 Å². The lowest BCUT2D eigenvalue weighted by atomic mass is 9.88. The Morgan fingerprint density at radius 2 is 1.70 bits per heavy atom. The zero-order valence-corrected chi connectivity index (χ0v) is 16.0. The van der Waals surface area contributed by atoms with Crippen molar-refractivity contribution < 1.29 is 19.1 Å². The Morgan fingerprint density at radius 1 is 1.07 bits per heavy atom. The van der Waals surface area contributed by atoms with Crippen molar-refractivity contribution in [3.05, 3.63) is 53.6 Å². The van der Waals surface area contributed by atoms with Gasteiger partial charge in [0.25, 0.3) is 5.91 Å². The minimum Gasteiger partial charge on any atom is -0.484 e. The summed E-state index contributed by atoms with van der Waals surface area (Å²) >= 11 is 0. The molecule has 0 unspecified atom stereocenters. The van der Waals surface area contributed by atoms with Crippen molar-refractivity contribution in [1.29, 1.82) is 0 Å². The van der Waals surface area contributed by atoms with Crippen molar-refractivity contribution >= 4 is 11.7 Å². The Morgan fingerprint density at radius 3 is 2.33 bits per heavy atom. The van der Waals surface area contributed by atoms with Gasteiger partial charge >= 0.3 is 0 Å². The fourth-order valence-corrected chi connectivity index (χ4v) is 3.73. The second-order valence-corrected chi connectivity index (χ2v) is 7.27. The highest BCUT2D eigenvalue weighted by molar-refractivity contribution is 6.02. The van der Waals surface area contributed by atoms with Crippen LogP contribution in [0.25, 0.3) is 0 Å². The lowest BCUT2D eigenvalue weighted by Crippen LogP contribution is -2.56. The van der Waals surface area contributed by atoms with Gasteiger partial charge in [-0.3, -0.25) is 9.59 Å². The molecule has 2 aliphatic carbocycles. The average molecular weight is 369 g/mol. The van der Waals surface area contributed by atoms with E-state index in [9.17, 15) is 9.59 Å². The molecule has 0 spiro atoms. The summed E-state index contributed by atoms with van der Waals surface area (Å²) in [5.41, 5.74) is 0.324. The second-order valence-electron chi connectivity index (χ2n) is 7.27. The topological polar surface area (TPSA) is 64.6 Å². The number of para-hydroxylation sites is 1. The minimum absolute atomic E-state index is 0.0639. The summed E-state index contributed by atoms with van der Waals surface area (Å²) in [5.74, 6) is 0.264. The van der Waals surface area contributed by atoms with E-state index in [4.69, 9.17) is 9.47 Å². The Kier molecular flexibility index (Phi) is 6.11. The van der Waals surface area contributed by atoms with Gasteiger partial charge in [-0.05, 0) is 62.1 Å². The van der Waals surface area contributed by atoms with E-state index in [0.29, 0.717) is 16.9 Å². The standard InChI is InChI=1S/C22H27NO4/c1-16-13-18(24)14-17(2)22(16,27-20-11-7-4-8-12-20)23-21(25)15-26-19-9-5-3-6-10-19/h3,5-6,9-10,13-14,20H,4,7-8,11-12,15H2,1-2H3,(H,23,25). The molecule has 0 aromatic heterocycles. The molecule has 1 N–H and O–H groups in total. The smallest absolute Gasteiger partial charge is 0.260 e. The third-order valence-corrected chi connectivity index (χ3v) is 5.15. The Labute approximate surface area is 160 Å². The summed E-state index contributed by atoms with van der Waals surface area (Å²) < 4.78 is 12.0. The molecular weight excluding hydrogens is 342 g/mol. The first kappa shape index (κ1) is 19.4. The van der Waals surface area contributed by atoms with E-state index in [1.54, 1.807) is 12.1 Å². The summed E-state index contributed by atoms with van der Waals surface area (Å²) in [6, 6.07) is 9.20. The third-order valence-electron chi connectivity index (χ3n) is 5.15. The van der Waals surface area contributed by atoms with Gasteiger partial charge in [0, 0.05) is 0 Å². The maximum Gasteiger partial charge on any atom is 0.260 e. The number of carbonyl (C=O) groups is 2. The highest BCUT2D eigenvalue weighted by atomic mass is 16.5. The highest BCUT2D eigenvalue weighted by Crippen LogP contribution is 2.35. The number of ketones is 1. The summed E-state index contributed by atoms with van der Waals surface area (Å²) in [6.07, 6.45) is 8.52. The summed E-state index contributed by atoms with van der Waals surface area (Å²) in [6.45, 7) is 3.54. The molecule has 5 nitrogen and oxygen atoms in total. The zero-order chi connectivity index (χ0) is 19.3. The second kappa shape index (κ2) is 8.53. The van der Waals surface area contributed by atoms with E-state index in [2.05, 4.69) is 5.32 Å². The van der Waals surface area contributed by atoms with Gasteiger partial charge in [0.1, 0.15) is 5.75 Å². The molecule has 0 radical (unpaired) electrons. The molecular formula is C22H27NO4. The molecule has 0 aliphatic heterocycles. The SMILES string of the molecule is CC1=CC(=O)C=C(C)C1(NC(=O)COc1ccccc1)OC1CCCCC1. The molecule has 5 heteroatoms. The predicted octanol–water partition coefficient (Wildman–Crippen LogP) is 3.70. The van der Waals surface area contributed by atoms with Crippen LogP contribution in [-0.4, -0.2) is 30.1 Å². The first-order valence-corrected chi connectivity index (χ1v) is 9.58. The van der Waals surface area contributed by atoms with Gasteiger partial charge in [0.2, 0.25) is 0 Å². The average Bonchev–Trinajstić information content (AvgIpc) is 2.66. The molecule has 0 saturated heterocycles. The van der Waals surface area contributed by atoms with E-state index >= 15 is 0 Å². The van der Waals surface area contributed by atoms with Crippen LogP contribution in [0.2, 0.25) is 0 Å². The van der Waals surface area contributed by atoms with Crippen molar-refractivity contribution in [1.82, 2.24) is 5.32 Å². The van der Waals surface area contributed by atoms with E-state index in [0.717, 1.165) is 25.7 Å². The van der Waals surface area contributed by atoms with Gasteiger partial charge in [-0.25, -0.2) is 0 Å². The molecule has 0 atom stereocenters. The maximum atomic E-state index is 12.6. The minimum atomic E-state index is -1.08. The number of hydrogen-bond acceptors (Lipinski definition) is 4. The van der Waals surface area contributed by atoms with Gasteiger partial charge in [-0.2, -0.15) is 0 Å². The van der Waals surface area contributed by atoms with Gasteiger partial charge in [-0.1, -0.05) is 37.5 Å². The quantitative estimate of drug-likeness (QED) is 0.777. The summed E-state index contributed by atoms with van der Waals surface area (Å²) in [5, 5.41) is 3.00. The van der Waals surface area contributed by atoms with Gasteiger partial charge in [0.15, 0.2) is 18.1 Å². The Bertz CT molecular complexity index is 723. The lowest BCUT2D eigenvalue weighted by molar-refractivity contribution is -0.136. The number of nitrogens with one attached hydrogen (secondary N) is 1. The number of benzene rings is 1. The van der Waals surface area contributed by atoms with Crippen LogP contribution in [0.5, 0.6) is 5.75 Å². The number of allylic oxidation sites excluding steroid dienone is 2. The van der Waals surface area contributed by atoms with E-state index in [-0.39, 0.29) is 24.4 Å². The molecule has 1 saturated carbocycles. The third kappa shape index (κ3) is 4.66. The van der Waals surface area contributed by atoms with Gasteiger partial charge < -0.3 is 14.8 Å². The van der Waals surface area contributed by atoms with E-state index < -0.39 is 5.72 Å². The molecule has 2 aliphatic rings. The van der Waals surface area contributed by atoms with Crippen molar-refractivity contribution in [2.75, 3.05) is 6.61 Å². The fraction of sp³-hybridized carbons (Fsp3) is 0.455. The largest absolute Gasteiger partial charge is 0.484 e. The van der Waals surface area contributed by atoms with Crippen LogP contribution in [0, 0.1) is 0 Å². The van der Waals surface area contributed by atoms with Crippen LogP contribution in [0.3, 0.4) is 0 Å². The van der Waals surface area contributed by atoms with Crippen molar-refractivity contribution in [2.24, 2.45) is 0 Å². The van der Waals surface area contributed by atoms with E-state index in [1.807, 2.05) is 32.0 Å². The van der Waals surface area contributed by atoms with Crippen LogP contribution in [0.15, 0.2) is 53.6 Å². The lowest BCUT2D eigenvalue weighted by Gasteiger charge is -2.41. The molecule has 3 rings (SSSR count). The number of ether oxygens (including phenoxy) is 2. The van der Waals surface area contributed by atoms with Crippen LogP contribution < -0.4 is 10.1 Å². The van der Waals surface area contributed by atoms with Crippen molar-refractivity contribution in [3.8, 4) is 5.75 Å². The molecule has 1 amide bonds. The maximum absolute atomic E-state index is 12.6.